The Morgan fingerprint density at radius 2 is 1.50 bits per heavy atom. The van der Waals surface area contributed by atoms with Crippen LogP contribution in [0, 0.1) is 5.82 Å². The fourth-order valence-electron chi connectivity index (χ4n) is 2.42. The van der Waals surface area contributed by atoms with Crippen LogP contribution in [-0.2, 0) is 6.54 Å². The standard InChI is InChI=1S/C21H19FN2O2/c1-26-20-12-2-15(3-13-20)14-23-18-8-10-19(11-9-18)24-21(25)16-4-6-17(22)7-5-16/h2-13,23H,14H2,1H3,(H,24,25). The predicted molar refractivity (Wildman–Crippen MR) is 101 cm³/mol. The maximum Gasteiger partial charge on any atom is 0.255 e. The molecule has 2 N–H and O–H groups in total. The lowest BCUT2D eigenvalue weighted by Crippen LogP contribution is -2.11. The van der Waals surface area contributed by atoms with Gasteiger partial charge in [-0.05, 0) is 66.2 Å². The molecule has 5 heteroatoms. The summed E-state index contributed by atoms with van der Waals surface area (Å²) in [6.45, 7) is 0.686. The molecule has 0 saturated heterocycles. The number of anilines is 2. The molecule has 0 heterocycles. The lowest BCUT2D eigenvalue weighted by Gasteiger charge is -2.09. The Labute approximate surface area is 151 Å². The predicted octanol–water partition coefficient (Wildman–Crippen LogP) is 4.70. The monoisotopic (exact) mass is 350 g/mol. The molecule has 132 valence electrons. The SMILES string of the molecule is COc1ccc(CNc2ccc(NC(=O)c3ccc(F)cc3)cc2)cc1. The third-order valence-electron chi connectivity index (χ3n) is 3.90. The highest BCUT2D eigenvalue weighted by atomic mass is 19.1. The topological polar surface area (TPSA) is 50.4 Å². The van der Waals surface area contributed by atoms with E-state index in [1.807, 2.05) is 48.5 Å². The number of carbonyl (C=O) groups is 1. The van der Waals surface area contributed by atoms with Crippen LogP contribution >= 0.6 is 0 Å². The molecule has 4 nitrogen and oxygen atoms in total. The molecule has 26 heavy (non-hydrogen) atoms. The van der Waals surface area contributed by atoms with Gasteiger partial charge in [0.1, 0.15) is 11.6 Å². The molecule has 3 aromatic rings. The Morgan fingerprint density at radius 1 is 0.885 bits per heavy atom. The highest BCUT2D eigenvalue weighted by molar-refractivity contribution is 6.04. The Kier molecular flexibility index (Phi) is 5.49. The molecule has 0 radical (unpaired) electrons. The second kappa shape index (κ2) is 8.16. The third-order valence-corrected chi connectivity index (χ3v) is 3.90. The summed E-state index contributed by atoms with van der Waals surface area (Å²) in [6.07, 6.45) is 0. The molecule has 0 aliphatic rings. The van der Waals surface area contributed by atoms with Gasteiger partial charge in [-0.15, -0.1) is 0 Å². The van der Waals surface area contributed by atoms with Crippen molar-refractivity contribution in [2.24, 2.45) is 0 Å². The molecule has 3 aromatic carbocycles. The van der Waals surface area contributed by atoms with Crippen LogP contribution in [0.25, 0.3) is 0 Å². The van der Waals surface area contributed by atoms with Gasteiger partial charge in [-0.3, -0.25) is 4.79 Å². The van der Waals surface area contributed by atoms with Crippen LogP contribution in [0.15, 0.2) is 72.8 Å². The van der Waals surface area contributed by atoms with E-state index in [0.717, 1.165) is 17.0 Å². The van der Waals surface area contributed by atoms with Crippen molar-refractivity contribution < 1.29 is 13.9 Å². The maximum absolute atomic E-state index is 12.9. The molecule has 0 aliphatic carbocycles. The fourth-order valence-corrected chi connectivity index (χ4v) is 2.42. The zero-order chi connectivity index (χ0) is 18.4. The van der Waals surface area contributed by atoms with Gasteiger partial charge in [0, 0.05) is 23.5 Å². The van der Waals surface area contributed by atoms with Crippen LogP contribution in [0.3, 0.4) is 0 Å². The average Bonchev–Trinajstić information content (AvgIpc) is 2.68. The molecule has 0 fully saturated rings. The quantitative estimate of drug-likeness (QED) is 0.677. The summed E-state index contributed by atoms with van der Waals surface area (Å²) in [5.74, 6) is 0.188. The molecule has 0 aliphatic heterocycles. The van der Waals surface area contributed by atoms with Crippen LogP contribution in [0.5, 0.6) is 5.75 Å². The molecule has 0 saturated carbocycles. The maximum atomic E-state index is 12.9. The first kappa shape index (κ1) is 17.5. The molecule has 0 spiro atoms. The van der Waals surface area contributed by atoms with Crippen LogP contribution in [0.4, 0.5) is 15.8 Å². The lowest BCUT2D eigenvalue weighted by atomic mass is 10.2. The number of ether oxygens (including phenoxy) is 1. The van der Waals surface area contributed by atoms with Gasteiger partial charge in [0.05, 0.1) is 7.11 Å². The molecular weight excluding hydrogens is 331 g/mol. The van der Waals surface area contributed by atoms with Gasteiger partial charge in [-0.25, -0.2) is 4.39 Å². The number of nitrogens with one attached hydrogen (secondary N) is 2. The molecule has 0 atom stereocenters. The smallest absolute Gasteiger partial charge is 0.255 e. The molecule has 0 bridgehead atoms. The zero-order valence-electron chi connectivity index (χ0n) is 14.3. The van der Waals surface area contributed by atoms with E-state index in [4.69, 9.17) is 4.74 Å². The van der Waals surface area contributed by atoms with Gasteiger partial charge in [-0.2, -0.15) is 0 Å². The van der Waals surface area contributed by atoms with Gasteiger partial charge < -0.3 is 15.4 Å². The molecular formula is C21H19FN2O2. The largest absolute Gasteiger partial charge is 0.497 e. The summed E-state index contributed by atoms with van der Waals surface area (Å²) in [6, 6.07) is 20.7. The summed E-state index contributed by atoms with van der Waals surface area (Å²) in [7, 11) is 1.64. The van der Waals surface area contributed by atoms with Crippen molar-refractivity contribution in [1.29, 1.82) is 0 Å². The van der Waals surface area contributed by atoms with E-state index < -0.39 is 0 Å². The Morgan fingerprint density at radius 3 is 2.12 bits per heavy atom. The van der Waals surface area contributed by atoms with Gasteiger partial charge in [0.2, 0.25) is 0 Å². The minimum absolute atomic E-state index is 0.274. The van der Waals surface area contributed by atoms with Crippen molar-refractivity contribution in [1.82, 2.24) is 0 Å². The first-order valence-electron chi connectivity index (χ1n) is 8.18. The first-order valence-corrected chi connectivity index (χ1v) is 8.18. The van der Waals surface area contributed by atoms with Crippen molar-refractivity contribution >= 4 is 17.3 Å². The van der Waals surface area contributed by atoms with E-state index in [9.17, 15) is 9.18 Å². The van der Waals surface area contributed by atoms with E-state index >= 15 is 0 Å². The average molecular weight is 350 g/mol. The number of hydrogen-bond acceptors (Lipinski definition) is 3. The Bertz CT molecular complexity index is 860. The summed E-state index contributed by atoms with van der Waals surface area (Å²) in [5.41, 5.74) is 3.17. The number of amides is 1. The first-order chi connectivity index (χ1) is 12.6. The van der Waals surface area contributed by atoms with Crippen LogP contribution in [0.2, 0.25) is 0 Å². The molecule has 3 rings (SSSR count). The second-order valence-electron chi connectivity index (χ2n) is 5.74. The minimum atomic E-state index is -0.367. The Balaban J connectivity index is 1.55. The van der Waals surface area contributed by atoms with E-state index in [1.165, 1.54) is 24.3 Å². The highest BCUT2D eigenvalue weighted by Crippen LogP contribution is 2.17. The van der Waals surface area contributed by atoms with Gasteiger partial charge in [-0.1, -0.05) is 12.1 Å². The minimum Gasteiger partial charge on any atom is -0.497 e. The summed E-state index contributed by atoms with van der Waals surface area (Å²) in [4.78, 5) is 12.1. The van der Waals surface area contributed by atoms with E-state index in [-0.39, 0.29) is 11.7 Å². The van der Waals surface area contributed by atoms with Crippen LogP contribution in [0.1, 0.15) is 15.9 Å². The van der Waals surface area contributed by atoms with E-state index in [2.05, 4.69) is 10.6 Å². The molecule has 0 aromatic heterocycles. The molecule has 0 unspecified atom stereocenters. The number of rotatable bonds is 6. The van der Waals surface area contributed by atoms with Crippen molar-refractivity contribution in [3.05, 3.63) is 89.7 Å². The van der Waals surface area contributed by atoms with Crippen molar-refractivity contribution in [2.75, 3.05) is 17.7 Å². The summed E-state index contributed by atoms with van der Waals surface area (Å²) >= 11 is 0. The number of methoxy groups -OCH3 is 1. The molecule has 1 amide bonds. The normalized spacial score (nSPS) is 10.2. The number of carbonyl (C=O) groups excluding carboxylic acids is 1. The van der Waals surface area contributed by atoms with Crippen LogP contribution in [-0.4, -0.2) is 13.0 Å². The van der Waals surface area contributed by atoms with Crippen molar-refractivity contribution in [2.45, 2.75) is 6.54 Å². The third kappa shape index (κ3) is 4.60. The lowest BCUT2D eigenvalue weighted by molar-refractivity contribution is 0.102. The number of halogens is 1. The van der Waals surface area contributed by atoms with E-state index in [1.54, 1.807) is 7.11 Å². The van der Waals surface area contributed by atoms with Gasteiger partial charge in [0.25, 0.3) is 5.91 Å². The zero-order valence-corrected chi connectivity index (χ0v) is 14.3. The van der Waals surface area contributed by atoms with Gasteiger partial charge >= 0.3 is 0 Å². The Hall–Kier alpha value is -3.34. The summed E-state index contributed by atoms with van der Waals surface area (Å²) < 4.78 is 18.1. The summed E-state index contributed by atoms with van der Waals surface area (Å²) in [5, 5.41) is 6.11. The highest BCUT2D eigenvalue weighted by Gasteiger charge is 2.06. The van der Waals surface area contributed by atoms with E-state index in [0.29, 0.717) is 17.8 Å². The number of hydrogen-bond donors (Lipinski definition) is 2. The van der Waals surface area contributed by atoms with Crippen molar-refractivity contribution in [3.8, 4) is 5.75 Å². The van der Waals surface area contributed by atoms with Crippen LogP contribution < -0.4 is 15.4 Å². The van der Waals surface area contributed by atoms with Gasteiger partial charge in [0.15, 0.2) is 0 Å². The second-order valence-corrected chi connectivity index (χ2v) is 5.74. The fraction of sp³-hybridized carbons (Fsp3) is 0.0952. The van der Waals surface area contributed by atoms with Crippen molar-refractivity contribution in [3.63, 3.8) is 0 Å². The number of benzene rings is 3.